The zero-order chi connectivity index (χ0) is 7.56. The molecule has 0 aromatic carbocycles. The molecule has 0 bridgehead atoms. The molecule has 1 heterocycles. The number of aliphatic hydroxyl groups excluding tert-OH is 1. The van der Waals surface area contributed by atoms with Crippen molar-refractivity contribution in [2.75, 3.05) is 0 Å². The smallest absolute Gasteiger partial charge is 0.147 e. The van der Waals surface area contributed by atoms with Gasteiger partial charge in [-0.15, -0.1) is 0 Å². The molecule has 0 saturated heterocycles. The van der Waals surface area contributed by atoms with Gasteiger partial charge in [-0.1, -0.05) is 0 Å². The molecule has 2 nitrogen and oxygen atoms in total. The summed E-state index contributed by atoms with van der Waals surface area (Å²) < 4.78 is 12.6. The van der Waals surface area contributed by atoms with Crippen molar-refractivity contribution < 1.29 is 9.50 Å². The molecule has 1 aromatic heterocycles. The largest absolute Gasteiger partial charge is 0.387 e. The van der Waals surface area contributed by atoms with Crippen molar-refractivity contribution in [3.8, 4) is 0 Å². The number of halogens is 1. The maximum absolute atomic E-state index is 12.6. The maximum atomic E-state index is 12.6. The van der Waals surface area contributed by atoms with Gasteiger partial charge < -0.3 is 5.11 Å². The number of hydrogen-bond acceptors (Lipinski definition) is 2. The number of rotatable bonds is 1. The fraction of sp³-hybridized carbons (Fsp3) is 0.286. The first kappa shape index (κ1) is 7.15. The summed E-state index contributed by atoms with van der Waals surface area (Å²) in [6, 6.07) is 2.76. The third kappa shape index (κ3) is 1.30. The van der Waals surface area contributed by atoms with Crippen molar-refractivity contribution >= 4 is 0 Å². The van der Waals surface area contributed by atoms with E-state index in [1.165, 1.54) is 25.3 Å². The first-order valence-corrected chi connectivity index (χ1v) is 3.00. The van der Waals surface area contributed by atoms with Gasteiger partial charge in [0.05, 0.1) is 6.10 Å². The van der Waals surface area contributed by atoms with Gasteiger partial charge in [-0.05, 0) is 19.1 Å². The van der Waals surface area contributed by atoms with Gasteiger partial charge >= 0.3 is 0 Å². The highest BCUT2D eigenvalue weighted by molar-refractivity contribution is 5.08. The van der Waals surface area contributed by atoms with Crippen LogP contribution in [0.1, 0.15) is 18.7 Å². The highest BCUT2D eigenvalue weighted by Gasteiger charge is 2.06. The first-order valence-electron chi connectivity index (χ1n) is 3.00. The highest BCUT2D eigenvalue weighted by Crippen LogP contribution is 2.11. The van der Waals surface area contributed by atoms with Crippen LogP contribution < -0.4 is 0 Å². The Labute approximate surface area is 58.3 Å². The van der Waals surface area contributed by atoms with Gasteiger partial charge in [-0.25, -0.2) is 4.39 Å². The number of aromatic nitrogens is 1. The highest BCUT2D eigenvalue weighted by atomic mass is 19.1. The topological polar surface area (TPSA) is 33.1 Å². The monoisotopic (exact) mass is 141 g/mol. The van der Waals surface area contributed by atoms with Crippen LogP contribution in [0.5, 0.6) is 0 Å². The van der Waals surface area contributed by atoms with Crippen molar-refractivity contribution in [3.05, 3.63) is 29.8 Å². The zero-order valence-corrected chi connectivity index (χ0v) is 5.58. The van der Waals surface area contributed by atoms with E-state index in [0.717, 1.165) is 0 Å². The molecule has 0 unspecified atom stereocenters. The SMILES string of the molecule is C[C@H](O)c1ncccc1F. The Morgan fingerprint density at radius 3 is 2.80 bits per heavy atom. The Hall–Kier alpha value is -0.960. The summed E-state index contributed by atoms with van der Waals surface area (Å²) in [6.45, 7) is 1.48. The fourth-order valence-electron chi connectivity index (χ4n) is 0.705. The van der Waals surface area contributed by atoms with E-state index in [1.54, 1.807) is 0 Å². The summed E-state index contributed by atoms with van der Waals surface area (Å²) in [5, 5.41) is 8.90. The quantitative estimate of drug-likeness (QED) is 0.639. The third-order valence-electron chi connectivity index (χ3n) is 1.18. The lowest BCUT2D eigenvalue weighted by Gasteiger charge is -2.02. The van der Waals surface area contributed by atoms with Crippen molar-refractivity contribution in [2.24, 2.45) is 0 Å². The van der Waals surface area contributed by atoms with Crippen molar-refractivity contribution in [3.63, 3.8) is 0 Å². The number of hydrogen-bond donors (Lipinski definition) is 1. The van der Waals surface area contributed by atoms with Gasteiger partial charge in [0.1, 0.15) is 11.5 Å². The molecule has 1 aromatic rings. The summed E-state index contributed by atoms with van der Waals surface area (Å²) in [5.41, 5.74) is 0.0995. The van der Waals surface area contributed by atoms with Crippen LogP contribution in [-0.2, 0) is 0 Å². The van der Waals surface area contributed by atoms with Gasteiger partial charge in [0, 0.05) is 6.20 Å². The van der Waals surface area contributed by atoms with Crippen LogP contribution >= 0.6 is 0 Å². The maximum Gasteiger partial charge on any atom is 0.147 e. The standard InChI is InChI=1S/C7H8FNO/c1-5(10)7-6(8)3-2-4-9-7/h2-5,10H,1H3/t5-/m0/s1. The Kier molecular flexibility index (Phi) is 1.97. The lowest BCUT2D eigenvalue weighted by atomic mass is 10.2. The molecular weight excluding hydrogens is 133 g/mol. The minimum absolute atomic E-state index is 0.0995. The molecule has 0 spiro atoms. The average molecular weight is 141 g/mol. The summed E-state index contributed by atoms with van der Waals surface area (Å²) in [4.78, 5) is 3.65. The molecule has 0 aliphatic heterocycles. The molecule has 1 rings (SSSR count). The number of nitrogens with zero attached hydrogens (tertiary/aromatic N) is 1. The second-order valence-electron chi connectivity index (χ2n) is 2.05. The van der Waals surface area contributed by atoms with E-state index in [0.29, 0.717) is 0 Å². The normalized spacial score (nSPS) is 13.1. The lowest BCUT2D eigenvalue weighted by molar-refractivity contribution is 0.188. The average Bonchev–Trinajstić information content (AvgIpc) is 1.88. The second-order valence-corrected chi connectivity index (χ2v) is 2.05. The van der Waals surface area contributed by atoms with Crippen LogP contribution in [0.25, 0.3) is 0 Å². The molecule has 3 heteroatoms. The van der Waals surface area contributed by atoms with E-state index < -0.39 is 11.9 Å². The molecule has 54 valence electrons. The second kappa shape index (κ2) is 2.75. The molecule has 0 radical (unpaired) electrons. The molecule has 0 aliphatic carbocycles. The molecule has 1 atom stereocenters. The molecule has 0 amide bonds. The minimum Gasteiger partial charge on any atom is -0.387 e. The van der Waals surface area contributed by atoms with Gasteiger partial charge in [0.15, 0.2) is 0 Å². The summed E-state index contributed by atoms with van der Waals surface area (Å²) in [7, 11) is 0. The number of aliphatic hydroxyl groups is 1. The minimum atomic E-state index is -0.832. The van der Waals surface area contributed by atoms with Crippen molar-refractivity contribution in [2.45, 2.75) is 13.0 Å². The van der Waals surface area contributed by atoms with Crippen LogP contribution in [0.3, 0.4) is 0 Å². The summed E-state index contributed by atoms with van der Waals surface area (Å²) in [6.07, 6.45) is 0.617. The molecule has 0 fully saturated rings. The fourth-order valence-corrected chi connectivity index (χ4v) is 0.705. The lowest BCUT2D eigenvalue weighted by Crippen LogP contribution is -1.98. The van der Waals surface area contributed by atoms with E-state index in [9.17, 15) is 4.39 Å². The van der Waals surface area contributed by atoms with Crippen LogP contribution in [0, 0.1) is 5.82 Å². The van der Waals surface area contributed by atoms with Gasteiger partial charge in [0.25, 0.3) is 0 Å². The molecular formula is C7H8FNO. The third-order valence-corrected chi connectivity index (χ3v) is 1.18. The van der Waals surface area contributed by atoms with Crippen LogP contribution in [-0.4, -0.2) is 10.1 Å². The van der Waals surface area contributed by atoms with Crippen LogP contribution in [0.2, 0.25) is 0 Å². The van der Waals surface area contributed by atoms with Crippen LogP contribution in [0.4, 0.5) is 4.39 Å². The zero-order valence-electron chi connectivity index (χ0n) is 5.58. The summed E-state index contributed by atoms with van der Waals surface area (Å²) >= 11 is 0. The predicted molar refractivity (Wildman–Crippen MR) is 34.8 cm³/mol. The molecule has 0 saturated carbocycles. The van der Waals surface area contributed by atoms with Gasteiger partial charge in [-0.2, -0.15) is 0 Å². The molecule has 1 N–H and O–H groups in total. The van der Waals surface area contributed by atoms with Crippen molar-refractivity contribution in [1.82, 2.24) is 4.98 Å². The molecule has 10 heavy (non-hydrogen) atoms. The van der Waals surface area contributed by atoms with E-state index >= 15 is 0 Å². The summed E-state index contributed by atoms with van der Waals surface area (Å²) in [5.74, 6) is -0.461. The first-order chi connectivity index (χ1) is 4.72. The van der Waals surface area contributed by atoms with Gasteiger partial charge in [-0.3, -0.25) is 4.98 Å². The van der Waals surface area contributed by atoms with Crippen molar-refractivity contribution in [1.29, 1.82) is 0 Å². The molecule has 0 aliphatic rings. The van der Waals surface area contributed by atoms with E-state index in [2.05, 4.69) is 4.98 Å². The number of pyridine rings is 1. The predicted octanol–water partition coefficient (Wildman–Crippen LogP) is 1.27. The van der Waals surface area contributed by atoms with E-state index in [1.807, 2.05) is 0 Å². The van der Waals surface area contributed by atoms with E-state index in [-0.39, 0.29) is 5.69 Å². The van der Waals surface area contributed by atoms with E-state index in [4.69, 9.17) is 5.11 Å². The van der Waals surface area contributed by atoms with Crippen LogP contribution in [0.15, 0.2) is 18.3 Å². The Balaban J connectivity index is 3.03. The van der Waals surface area contributed by atoms with Gasteiger partial charge in [0.2, 0.25) is 0 Å². The Bertz CT molecular complexity index is 225. The Morgan fingerprint density at radius 1 is 1.70 bits per heavy atom. The Morgan fingerprint density at radius 2 is 2.40 bits per heavy atom.